The molecule has 2 atom stereocenters. The summed E-state index contributed by atoms with van der Waals surface area (Å²) in [4.78, 5) is 0. The molecule has 1 aromatic carbocycles. The molecule has 0 heterocycles. The standard InChI is InChI=1S/C16H26O2/c1-6-18-16(12(4)5)15(17)14-9-7-13(8-10-14)11(2)3/h7-12,15-17H,6H2,1-5H3. The first-order valence-corrected chi connectivity index (χ1v) is 6.86. The molecule has 2 nitrogen and oxygen atoms in total. The fraction of sp³-hybridized carbons (Fsp3) is 0.625. The van der Waals surface area contributed by atoms with Crippen molar-refractivity contribution in [2.24, 2.45) is 5.92 Å². The molecule has 1 aromatic rings. The Morgan fingerprint density at radius 1 is 1.00 bits per heavy atom. The van der Waals surface area contributed by atoms with E-state index in [4.69, 9.17) is 4.74 Å². The van der Waals surface area contributed by atoms with Crippen LogP contribution in [0.25, 0.3) is 0 Å². The number of hydrogen-bond acceptors (Lipinski definition) is 2. The molecule has 1 N–H and O–H groups in total. The smallest absolute Gasteiger partial charge is 0.105 e. The third kappa shape index (κ3) is 3.82. The fourth-order valence-electron chi connectivity index (χ4n) is 2.11. The van der Waals surface area contributed by atoms with Gasteiger partial charge >= 0.3 is 0 Å². The molecule has 0 bridgehead atoms. The van der Waals surface area contributed by atoms with Crippen molar-refractivity contribution in [1.82, 2.24) is 0 Å². The molecule has 2 heteroatoms. The number of aliphatic hydroxyl groups is 1. The third-order valence-corrected chi connectivity index (χ3v) is 3.27. The minimum atomic E-state index is -0.550. The first kappa shape index (κ1) is 15.2. The van der Waals surface area contributed by atoms with Crippen molar-refractivity contribution < 1.29 is 9.84 Å². The monoisotopic (exact) mass is 250 g/mol. The highest BCUT2D eigenvalue weighted by molar-refractivity contribution is 5.26. The SMILES string of the molecule is CCOC(C(C)C)C(O)c1ccc(C(C)C)cc1. The fourth-order valence-corrected chi connectivity index (χ4v) is 2.11. The topological polar surface area (TPSA) is 29.5 Å². The van der Waals surface area contributed by atoms with Gasteiger partial charge in [-0.25, -0.2) is 0 Å². The van der Waals surface area contributed by atoms with E-state index >= 15 is 0 Å². The molecule has 0 aliphatic rings. The Labute approximate surface area is 111 Å². The zero-order valence-corrected chi connectivity index (χ0v) is 12.2. The van der Waals surface area contributed by atoms with Crippen molar-refractivity contribution in [3.63, 3.8) is 0 Å². The van der Waals surface area contributed by atoms with Crippen molar-refractivity contribution >= 4 is 0 Å². The molecule has 0 aromatic heterocycles. The van der Waals surface area contributed by atoms with E-state index in [1.165, 1.54) is 5.56 Å². The van der Waals surface area contributed by atoms with Gasteiger partial charge in [-0.1, -0.05) is 52.0 Å². The minimum Gasteiger partial charge on any atom is -0.386 e. The first-order chi connectivity index (χ1) is 8.47. The number of rotatable bonds is 6. The van der Waals surface area contributed by atoms with Gasteiger partial charge in [0.2, 0.25) is 0 Å². The van der Waals surface area contributed by atoms with Gasteiger partial charge < -0.3 is 9.84 Å². The molecular formula is C16H26O2. The summed E-state index contributed by atoms with van der Waals surface area (Å²) < 4.78 is 5.65. The number of benzene rings is 1. The summed E-state index contributed by atoms with van der Waals surface area (Å²) >= 11 is 0. The van der Waals surface area contributed by atoms with Crippen molar-refractivity contribution in [2.45, 2.75) is 52.7 Å². The van der Waals surface area contributed by atoms with Crippen LogP contribution in [0.1, 0.15) is 57.8 Å². The van der Waals surface area contributed by atoms with E-state index in [2.05, 4.69) is 39.8 Å². The second-order valence-electron chi connectivity index (χ2n) is 5.43. The lowest BCUT2D eigenvalue weighted by Gasteiger charge is -2.26. The lowest BCUT2D eigenvalue weighted by atomic mass is 9.94. The summed E-state index contributed by atoms with van der Waals surface area (Å²) in [6, 6.07) is 8.20. The van der Waals surface area contributed by atoms with Gasteiger partial charge in [0.15, 0.2) is 0 Å². The van der Waals surface area contributed by atoms with Crippen molar-refractivity contribution in [2.75, 3.05) is 6.61 Å². The molecule has 0 fully saturated rings. The van der Waals surface area contributed by atoms with E-state index in [1.54, 1.807) is 0 Å². The zero-order valence-electron chi connectivity index (χ0n) is 12.2. The Hall–Kier alpha value is -0.860. The molecule has 0 saturated carbocycles. The molecular weight excluding hydrogens is 224 g/mol. The predicted octanol–water partition coefficient (Wildman–Crippen LogP) is 3.90. The second kappa shape index (κ2) is 6.91. The number of aliphatic hydroxyl groups excluding tert-OH is 1. The van der Waals surface area contributed by atoms with Gasteiger partial charge in [0.25, 0.3) is 0 Å². The lowest BCUT2D eigenvalue weighted by Crippen LogP contribution is -2.27. The Bertz CT molecular complexity index is 341. The minimum absolute atomic E-state index is 0.139. The maximum atomic E-state index is 10.4. The molecule has 0 aliphatic heterocycles. The molecule has 1 rings (SSSR count). The Morgan fingerprint density at radius 2 is 1.50 bits per heavy atom. The third-order valence-electron chi connectivity index (χ3n) is 3.27. The molecule has 0 radical (unpaired) electrons. The van der Waals surface area contributed by atoms with Crippen LogP contribution in [0.5, 0.6) is 0 Å². The first-order valence-electron chi connectivity index (χ1n) is 6.86. The van der Waals surface area contributed by atoms with Gasteiger partial charge in [-0.15, -0.1) is 0 Å². The van der Waals surface area contributed by atoms with E-state index in [1.807, 2.05) is 19.1 Å². The molecule has 0 amide bonds. The van der Waals surface area contributed by atoms with E-state index in [9.17, 15) is 5.11 Å². The summed E-state index contributed by atoms with van der Waals surface area (Å²) in [5, 5.41) is 10.4. The molecule has 18 heavy (non-hydrogen) atoms. The summed E-state index contributed by atoms with van der Waals surface area (Å²) in [5.74, 6) is 0.814. The Kier molecular flexibility index (Phi) is 5.83. The zero-order chi connectivity index (χ0) is 13.7. The quantitative estimate of drug-likeness (QED) is 0.829. The average Bonchev–Trinajstić information content (AvgIpc) is 2.35. The van der Waals surface area contributed by atoms with E-state index in [0.717, 1.165) is 5.56 Å². The normalized spacial score (nSPS) is 15.1. The van der Waals surface area contributed by atoms with Crippen molar-refractivity contribution in [1.29, 1.82) is 0 Å². The molecule has 0 spiro atoms. The summed E-state index contributed by atoms with van der Waals surface area (Å²) in [5.41, 5.74) is 2.23. The maximum Gasteiger partial charge on any atom is 0.105 e. The highest BCUT2D eigenvalue weighted by Crippen LogP contribution is 2.26. The van der Waals surface area contributed by atoms with Crippen LogP contribution in [-0.4, -0.2) is 17.8 Å². The molecule has 0 aliphatic carbocycles. The molecule has 2 unspecified atom stereocenters. The highest BCUT2D eigenvalue weighted by atomic mass is 16.5. The van der Waals surface area contributed by atoms with Crippen molar-refractivity contribution in [3.8, 4) is 0 Å². The second-order valence-corrected chi connectivity index (χ2v) is 5.43. The van der Waals surface area contributed by atoms with Crippen molar-refractivity contribution in [3.05, 3.63) is 35.4 Å². The Balaban J connectivity index is 2.84. The van der Waals surface area contributed by atoms with Crippen LogP contribution in [-0.2, 0) is 4.74 Å². The largest absolute Gasteiger partial charge is 0.386 e. The molecule has 0 saturated heterocycles. The van der Waals surface area contributed by atoms with E-state index in [-0.39, 0.29) is 6.10 Å². The van der Waals surface area contributed by atoms with Crippen LogP contribution in [0.4, 0.5) is 0 Å². The van der Waals surface area contributed by atoms with E-state index < -0.39 is 6.10 Å². The summed E-state index contributed by atoms with van der Waals surface area (Å²) in [6.07, 6.45) is -0.689. The van der Waals surface area contributed by atoms with Crippen LogP contribution in [0, 0.1) is 5.92 Å². The van der Waals surface area contributed by atoms with Crippen LogP contribution >= 0.6 is 0 Å². The van der Waals surface area contributed by atoms with Gasteiger partial charge in [-0.3, -0.25) is 0 Å². The summed E-state index contributed by atoms with van der Waals surface area (Å²) in [7, 11) is 0. The van der Waals surface area contributed by atoms with Gasteiger partial charge in [0.1, 0.15) is 6.10 Å². The highest BCUT2D eigenvalue weighted by Gasteiger charge is 2.24. The molecule has 102 valence electrons. The van der Waals surface area contributed by atoms with E-state index in [0.29, 0.717) is 18.4 Å². The predicted molar refractivity (Wildman–Crippen MR) is 75.7 cm³/mol. The van der Waals surface area contributed by atoms with Gasteiger partial charge in [0.05, 0.1) is 6.10 Å². The average molecular weight is 250 g/mol. The van der Waals surface area contributed by atoms with Crippen LogP contribution in [0.2, 0.25) is 0 Å². The van der Waals surface area contributed by atoms with Crippen LogP contribution in [0.3, 0.4) is 0 Å². The Morgan fingerprint density at radius 3 is 1.89 bits per heavy atom. The maximum absolute atomic E-state index is 10.4. The van der Waals surface area contributed by atoms with Gasteiger partial charge in [-0.2, -0.15) is 0 Å². The number of ether oxygens (including phenoxy) is 1. The number of hydrogen-bond donors (Lipinski definition) is 1. The lowest BCUT2D eigenvalue weighted by molar-refractivity contribution is -0.0585. The van der Waals surface area contributed by atoms with Gasteiger partial charge in [0, 0.05) is 6.61 Å². The van der Waals surface area contributed by atoms with Crippen LogP contribution < -0.4 is 0 Å². The van der Waals surface area contributed by atoms with Crippen LogP contribution in [0.15, 0.2) is 24.3 Å². The summed E-state index contributed by atoms with van der Waals surface area (Å²) in [6.45, 7) is 11.1. The van der Waals surface area contributed by atoms with Gasteiger partial charge in [-0.05, 0) is 29.9 Å².